The first-order valence-corrected chi connectivity index (χ1v) is 13.2. The Hall–Kier alpha value is -2.51. The SMILES string of the molecule is O=C(/C=C/CC1C2CCC1CC2)N1CCc2c(sc3ncnc(Nc4ccc(F)c(Cl)c4)c23)C1. The lowest BCUT2D eigenvalue weighted by Crippen LogP contribution is -2.34. The Morgan fingerprint density at radius 3 is 2.79 bits per heavy atom. The number of rotatable bonds is 5. The third-order valence-corrected chi connectivity index (χ3v) is 9.24. The Balaban J connectivity index is 1.18. The maximum absolute atomic E-state index is 13.5. The van der Waals surface area contributed by atoms with Gasteiger partial charge in [-0.1, -0.05) is 17.7 Å². The minimum atomic E-state index is -0.456. The standard InChI is InChI=1S/C26H26ClFN4OS/c27-20-12-17(8-9-21(20)28)31-25-24-19-10-11-32(13-22(19)34-26(24)30-14-29-25)23(33)3-1-2-18-15-4-5-16(18)7-6-15/h1,3,8-9,12,14-16,18H,2,4-7,10-11,13H2,(H,29,30,31)/b3-1+. The van der Waals surface area contributed by atoms with Gasteiger partial charge < -0.3 is 10.2 Å². The van der Waals surface area contributed by atoms with E-state index in [2.05, 4.69) is 21.4 Å². The topological polar surface area (TPSA) is 58.1 Å². The molecule has 1 aliphatic heterocycles. The van der Waals surface area contributed by atoms with Crippen LogP contribution in [0.2, 0.25) is 5.02 Å². The van der Waals surface area contributed by atoms with Gasteiger partial charge >= 0.3 is 0 Å². The van der Waals surface area contributed by atoms with Crippen LogP contribution >= 0.6 is 22.9 Å². The number of hydrogen-bond acceptors (Lipinski definition) is 5. The van der Waals surface area contributed by atoms with E-state index in [1.54, 1.807) is 29.5 Å². The van der Waals surface area contributed by atoms with E-state index in [0.717, 1.165) is 45.7 Å². The van der Waals surface area contributed by atoms with Crippen molar-refractivity contribution in [1.29, 1.82) is 0 Å². The van der Waals surface area contributed by atoms with E-state index in [-0.39, 0.29) is 10.9 Å². The number of benzene rings is 1. The van der Waals surface area contributed by atoms with Gasteiger partial charge in [-0.25, -0.2) is 14.4 Å². The molecule has 3 aliphatic rings. The molecule has 1 aromatic carbocycles. The van der Waals surface area contributed by atoms with Crippen molar-refractivity contribution in [2.24, 2.45) is 17.8 Å². The normalized spacial score (nSPS) is 23.7. The van der Waals surface area contributed by atoms with Gasteiger partial charge in [-0.2, -0.15) is 0 Å². The van der Waals surface area contributed by atoms with Gasteiger partial charge in [0.15, 0.2) is 0 Å². The van der Waals surface area contributed by atoms with Crippen LogP contribution in [0.5, 0.6) is 0 Å². The first-order valence-electron chi connectivity index (χ1n) is 12.0. The van der Waals surface area contributed by atoms with Crippen molar-refractivity contribution >= 4 is 50.6 Å². The molecular formula is C26H26ClFN4OS. The molecule has 0 unspecified atom stereocenters. The smallest absolute Gasteiger partial charge is 0.246 e. The highest BCUT2D eigenvalue weighted by Gasteiger charge is 2.40. The van der Waals surface area contributed by atoms with Gasteiger partial charge in [0.05, 0.1) is 17.0 Å². The van der Waals surface area contributed by atoms with Gasteiger partial charge in [-0.15, -0.1) is 11.3 Å². The van der Waals surface area contributed by atoms with E-state index in [1.807, 2.05) is 4.90 Å². The number of allylic oxidation sites excluding steroid dienone is 1. The van der Waals surface area contributed by atoms with E-state index < -0.39 is 5.82 Å². The van der Waals surface area contributed by atoms with Crippen LogP contribution in [0, 0.1) is 23.6 Å². The molecule has 1 amide bonds. The molecule has 3 aromatic rings. The van der Waals surface area contributed by atoms with Crippen molar-refractivity contribution < 1.29 is 9.18 Å². The average molecular weight is 497 g/mol. The van der Waals surface area contributed by atoms with E-state index in [1.165, 1.54) is 43.6 Å². The van der Waals surface area contributed by atoms with E-state index >= 15 is 0 Å². The molecule has 34 heavy (non-hydrogen) atoms. The molecule has 2 aromatic heterocycles. The fourth-order valence-corrected chi connectivity index (χ4v) is 7.51. The van der Waals surface area contributed by atoms with Gasteiger partial charge in [0.25, 0.3) is 0 Å². The zero-order valence-electron chi connectivity index (χ0n) is 18.8. The highest BCUT2D eigenvalue weighted by atomic mass is 35.5. The lowest BCUT2D eigenvalue weighted by atomic mass is 9.94. The molecule has 176 valence electrons. The zero-order chi connectivity index (χ0) is 23.2. The Kier molecular flexibility index (Phi) is 5.77. The van der Waals surface area contributed by atoms with Gasteiger partial charge in [0, 0.05) is 17.1 Å². The van der Waals surface area contributed by atoms with Gasteiger partial charge in [0.1, 0.15) is 22.8 Å². The van der Waals surface area contributed by atoms with Crippen LogP contribution in [0.15, 0.2) is 36.7 Å². The van der Waals surface area contributed by atoms with Crippen LogP contribution in [-0.2, 0) is 17.8 Å². The number of thiophene rings is 1. The van der Waals surface area contributed by atoms with Crippen molar-refractivity contribution in [2.45, 2.75) is 45.1 Å². The summed E-state index contributed by atoms with van der Waals surface area (Å²) in [5, 5.41) is 4.30. The molecule has 0 radical (unpaired) electrons. The molecule has 5 nitrogen and oxygen atoms in total. The summed E-state index contributed by atoms with van der Waals surface area (Å²) < 4.78 is 13.5. The maximum Gasteiger partial charge on any atom is 0.246 e. The number of nitrogens with zero attached hydrogens (tertiary/aromatic N) is 3. The monoisotopic (exact) mass is 496 g/mol. The van der Waals surface area contributed by atoms with Crippen LogP contribution in [0.1, 0.15) is 42.5 Å². The highest BCUT2D eigenvalue weighted by molar-refractivity contribution is 7.19. The molecule has 8 heteroatoms. The van der Waals surface area contributed by atoms with Crippen molar-refractivity contribution in [3.8, 4) is 0 Å². The lowest BCUT2D eigenvalue weighted by molar-refractivity contribution is -0.126. The first kappa shape index (κ1) is 22.0. The number of nitrogens with one attached hydrogen (secondary N) is 1. The molecular weight excluding hydrogens is 471 g/mol. The van der Waals surface area contributed by atoms with Gasteiger partial charge in [-0.05, 0) is 86.1 Å². The Labute approximate surface area is 207 Å². The molecule has 2 fully saturated rings. The summed E-state index contributed by atoms with van der Waals surface area (Å²) in [6.07, 6.45) is 12.8. The predicted octanol–water partition coefficient (Wildman–Crippen LogP) is 6.49. The molecule has 0 saturated heterocycles. The number of aromatic nitrogens is 2. The number of hydrogen-bond donors (Lipinski definition) is 1. The first-order chi connectivity index (χ1) is 16.6. The molecule has 0 spiro atoms. The van der Waals surface area contributed by atoms with E-state index in [9.17, 15) is 9.18 Å². The Bertz CT molecular complexity index is 1270. The summed E-state index contributed by atoms with van der Waals surface area (Å²) in [5.74, 6) is 2.88. The number of amides is 1. The molecule has 3 heterocycles. The molecule has 2 saturated carbocycles. The van der Waals surface area contributed by atoms with Crippen LogP contribution in [0.25, 0.3) is 10.2 Å². The number of halogens is 2. The van der Waals surface area contributed by atoms with Crippen LogP contribution in [0.3, 0.4) is 0 Å². The second kappa shape index (κ2) is 8.93. The summed E-state index contributed by atoms with van der Waals surface area (Å²) >= 11 is 7.55. The molecule has 2 aliphatic carbocycles. The minimum absolute atomic E-state index is 0.0606. The Morgan fingerprint density at radius 2 is 2.03 bits per heavy atom. The van der Waals surface area contributed by atoms with Crippen LogP contribution < -0.4 is 5.32 Å². The summed E-state index contributed by atoms with van der Waals surface area (Å²) in [4.78, 5) is 25.8. The summed E-state index contributed by atoms with van der Waals surface area (Å²) in [6, 6.07) is 4.52. The quantitative estimate of drug-likeness (QED) is 0.410. The van der Waals surface area contributed by atoms with E-state index in [0.29, 0.717) is 24.6 Å². The fraction of sp³-hybridized carbons (Fsp3) is 0.423. The second-order valence-corrected chi connectivity index (χ2v) is 11.1. The van der Waals surface area contributed by atoms with Crippen molar-refractivity contribution in [3.63, 3.8) is 0 Å². The maximum atomic E-state index is 13.5. The molecule has 6 rings (SSSR count). The van der Waals surface area contributed by atoms with E-state index in [4.69, 9.17) is 11.6 Å². The third kappa shape index (κ3) is 3.99. The third-order valence-electron chi connectivity index (χ3n) is 7.83. The number of carbonyl (C=O) groups is 1. The summed E-state index contributed by atoms with van der Waals surface area (Å²) in [5.41, 5.74) is 1.85. The van der Waals surface area contributed by atoms with Crippen molar-refractivity contribution in [2.75, 3.05) is 11.9 Å². The fourth-order valence-electron chi connectivity index (χ4n) is 6.12. The van der Waals surface area contributed by atoms with Crippen LogP contribution in [0.4, 0.5) is 15.9 Å². The van der Waals surface area contributed by atoms with Crippen LogP contribution in [-0.4, -0.2) is 27.3 Å². The van der Waals surface area contributed by atoms with Gasteiger partial charge in [0.2, 0.25) is 5.91 Å². The van der Waals surface area contributed by atoms with Crippen molar-refractivity contribution in [3.05, 3.63) is 58.0 Å². The lowest BCUT2D eigenvalue weighted by Gasteiger charge is -2.26. The average Bonchev–Trinajstić information content (AvgIpc) is 3.53. The molecule has 2 bridgehead atoms. The minimum Gasteiger partial charge on any atom is -0.340 e. The zero-order valence-corrected chi connectivity index (χ0v) is 20.3. The second-order valence-electron chi connectivity index (χ2n) is 9.65. The molecule has 0 atom stereocenters. The summed E-state index contributed by atoms with van der Waals surface area (Å²) in [7, 11) is 0. The van der Waals surface area contributed by atoms with Crippen molar-refractivity contribution in [1.82, 2.24) is 14.9 Å². The largest absolute Gasteiger partial charge is 0.340 e. The number of anilines is 2. The predicted molar refractivity (Wildman–Crippen MR) is 134 cm³/mol. The highest BCUT2D eigenvalue weighted by Crippen LogP contribution is 2.50. The van der Waals surface area contributed by atoms with Gasteiger partial charge in [-0.3, -0.25) is 4.79 Å². The summed E-state index contributed by atoms with van der Waals surface area (Å²) in [6.45, 7) is 1.27. The number of fused-ring (bicyclic) bond motifs is 5. The molecule has 1 N–H and O–H groups in total. The Morgan fingerprint density at radius 1 is 1.24 bits per heavy atom. The number of carbonyl (C=O) groups excluding carboxylic acids is 1.